The van der Waals surface area contributed by atoms with Gasteiger partial charge in [-0.25, -0.2) is 0 Å². The van der Waals surface area contributed by atoms with Crippen molar-refractivity contribution in [3.63, 3.8) is 0 Å². The Bertz CT molecular complexity index is 960. The highest BCUT2D eigenvalue weighted by molar-refractivity contribution is 6.14. The van der Waals surface area contributed by atoms with Crippen molar-refractivity contribution in [1.82, 2.24) is 4.90 Å². The molecule has 1 fully saturated rings. The van der Waals surface area contributed by atoms with E-state index in [1.165, 1.54) is 0 Å². The van der Waals surface area contributed by atoms with E-state index in [0.29, 0.717) is 24.6 Å². The normalized spacial score (nSPS) is 20.7. The van der Waals surface area contributed by atoms with Gasteiger partial charge < -0.3 is 18.9 Å². The quantitative estimate of drug-likeness (QED) is 0.747. The predicted octanol–water partition coefficient (Wildman–Crippen LogP) is 3.52. The van der Waals surface area contributed by atoms with Crippen LogP contribution in [0.15, 0.2) is 47.5 Å². The molecular formula is C23H21NO5. The molecule has 6 heteroatoms. The van der Waals surface area contributed by atoms with Crippen LogP contribution in [0.1, 0.15) is 18.1 Å². The van der Waals surface area contributed by atoms with Crippen molar-refractivity contribution in [1.29, 1.82) is 0 Å². The molecule has 0 aromatic heterocycles. The maximum absolute atomic E-state index is 13.2. The molecule has 0 aliphatic carbocycles. The summed E-state index contributed by atoms with van der Waals surface area (Å²) >= 11 is 0. The van der Waals surface area contributed by atoms with Gasteiger partial charge in [-0.05, 0) is 54.1 Å². The molecule has 0 unspecified atom stereocenters. The van der Waals surface area contributed by atoms with Gasteiger partial charge in [0.05, 0.1) is 0 Å². The largest absolute Gasteiger partial charge is 0.454 e. The van der Waals surface area contributed by atoms with Gasteiger partial charge in [0.25, 0.3) is 0 Å². The van der Waals surface area contributed by atoms with E-state index in [1.807, 2.05) is 48.6 Å². The standard InChI is InChI=1S/C23H21NO5/c1-2-24-11-17(7-15-3-5-19-21(9-15)28-13-26-19)23(25)18(12-24)8-16-4-6-20-22(10-16)29-14-27-20/h3-10H,2,11-14H2,1H3. The van der Waals surface area contributed by atoms with Gasteiger partial charge in [0, 0.05) is 24.2 Å². The lowest BCUT2D eigenvalue weighted by Gasteiger charge is -2.28. The number of likely N-dealkylation sites (N-methyl/N-ethyl adjacent to an activating group) is 1. The van der Waals surface area contributed by atoms with Gasteiger partial charge in [-0.3, -0.25) is 9.69 Å². The molecule has 2 aromatic rings. The molecule has 0 amide bonds. The number of nitrogens with zero attached hydrogens (tertiary/aromatic N) is 1. The lowest BCUT2D eigenvalue weighted by molar-refractivity contribution is -0.113. The van der Waals surface area contributed by atoms with Gasteiger partial charge in [-0.1, -0.05) is 19.1 Å². The number of likely N-dealkylation sites (tertiary alicyclic amines) is 1. The molecular weight excluding hydrogens is 370 g/mol. The maximum Gasteiger partial charge on any atom is 0.231 e. The van der Waals surface area contributed by atoms with Gasteiger partial charge >= 0.3 is 0 Å². The van der Waals surface area contributed by atoms with Crippen LogP contribution < -0.4 is 18.9 Å². The van der Waals surface area contributed by atoms with Gasteiger partial charge in [0.2, 0.25) is 13.6 Å². The topological polar surface area (TPSA) is 57.2 Å². The van der Waals surface area contributed by atoms with Crippen molar-refractivity contribution in [2.45, 2.75) is 6.92 Å². The Hall–Kier alpha value is -3.25. The highest BCUT2D eigenvalue weighted by Gasteiger charge is 2.26. The minimum Gasteiger partial charge on any atom is -0.454 e. The Balaban J connectivity index is 1.46. The molecule has 5 rings (SSSR count). The average Bonchev–Trinajstić information content (AvgIpc) is 3.39. The highest BCUT2D eigenvalue weighted by atomic mass is 16.7. The Morgan fingerprint density at radius 2 is 1.28 bits per heavy atom. The summed E-state index contributed by atoms with van der Waals surface area (Å²) < 4.78 is 21.6. The summed E-state index contributed by atoms with van der Waals surface area (Å²) in [5.41, 5.74) is 3.39. The van der Waals surface area contributed by atoms with Crippen LogP contribution in [0.25, 0.3) is 12.2 Å². The fourth-order valence-corrected chi connectivity index (χ4v) is 3.74. The molecule has 0 N–H and O–H groups in total. The number of ketones is 1. The molecule has 2 aromatic carbocycles. The third-order valence-corrected chi connectivity index (χ3v) is 5.29. The fourth-order valence-electron chi connectivity index (χ4n) is 3.74. The first kappa shape index (κ1) is 17.8. The number of ether oxygens (including phenoxy) is 4. The van der Waals surface area contributed by atoms with Crippen LogP contribution in [0.3, 0.4) is 0 Å². The summed E-state index contributed by atoms with van der Waals surface area (Å²) in [6.07, 6.45) is 3.89. The first-order valence-electron chi connectivity index (χ1n) is 9.67. The van der Waals surface area contributed by atoms with Gasteiger partial charge in [0.15, 0.2) is 28.8 Å². The van der Waals surface area contributed by atoms with Crippen molar-refractivity contribution >= 4 is 17.9 Å². The summed E-state index contributed by atoms with van der Waals surface area (Å²) in [5.74, 6) is 2.98. The van der Waals surface area contributed by atoms with Gasteiger partial charge in [0.1, 0.15) is 0 Å². The first-order valence-corrected chi connectivity index (χ1v) is 9.67. The van der Waals surface area contributed by atoms with E-state index < -0.39 is 0 Å². The van der Waals surface area contributed by atoms with E-state index >= 15 is 0 Å². The summed E-state index contributed by atoms with van der Waals surface area (Å²) in [6.45, 7) is 4.70. The number of piperidine rings is 1. The van der Waals surface area contributed by atoms with Crippen molar-refractivity contribution in [2.24, 2.45) is 0 Å². The molecule has 3 aliphatic heterocycles. The molecule has 0 radical (unpaired) electrons. The van der Waals surface area contributed by atoms with Crippen LogP contribution in [0, 0.1) is 0 Å². The number of hydrogen-bond acceptors (Lipinski definition) is 6. The lowest BCUT2D eigenvalue weighted by Crippen LogP contribution is -2.37. The predicted molar refractivity (Wildman–Crippen MR) is 108 cm³/mol. The zero-order chi connectivity index (χ0) is 19.8. The van der Waals surface area contributed by atoms with Crippen molar-refractivity contribution < 1.29 is 23.7 Å². The second-order valence-corrected chi connectivity index (χ2v) is 7.20. The van der Waals surface area contributed by atoms with Crippen LogP contribution in [-0.4, -0.2) is 43.9 Å². The summed E-state index contributed by atoms with van der Waals surface area (Å²) in [6, 6.07) is 11.5. The van der Waals surface area contributed by atoms with Gasteiger partial charge in [-0.2, -0.15) is 0 Å². The second kappa shape index (κ2) is 7.29. The first-order chi connectivity index (χ1) is 14.2. The average molecular weight is 391 g/mol. The second-order valence-electron chi connectivity index (χ2n) is 7.20. The van der Waals surface area contributed by atoms with Crippen LogP contribution in [0.5, 0.6) is 23.0 Å². The molecule has 29 heavy (non-hydrogen) atoms. The molecule has 3 aliphatic rings. The fraction of sp³-hybridized carbons (Fsp3) is 0.261. The Labute approximate surface area is 168 Å². The number of benzene rings is 2. The molecule has 0 spiro atoms. The van der Waals surface area contributed by atoms with Crippen molar-refractivity contribution in [3.8, 4) is 23.0 Å². The summed E-state index contributed by atoms with van der Waals surface area (Å²) in [5, 5.41) is 0. The monoisotopic (exact) mass is 391 g/mol. The van der Waals surface area contributed by atoms with E-state index in [-0.39, 0.29) is 19.4 Å². The Morgan fingerprint density at radius 1 is 0.793 bits per heavy atom. The summed E-state index contributed by atoms with van der Waals surface area (Å²) in [7, 11) is 0. The minimum atomic E-state index is 0.0741. The number of rotatable bonds is 3. The van der Waals surface area contributed by atoms with Crippen LogP contribution >= 0.6 is 0 Å². The van der Waals surface area contributed by atoms with E-state index in [2.05, 4.69) is 11.8 Å². The molecule has 1 saturated heterocycles. The Kier molecular flexibility index (Phi) is 4.48. The number of fused-ring (bicyclic) bond motifs is 2. The van der Waals surface area contributed by atoms with E-state index in [4.69, 9.17) is 18.9 Å². The lowest BCUT2D eigenvalue weighted by atomic mass is 9.94. The SMILES string of the molecule is CCN1CC(=Cc2ccc3c(c2)OCO3)C(=O)C(=Cc2ccc3c(c2)OCO3)C1. The van der Waals surface area contributed by atoms with Crippen molar-refractivity contribution in [2.75, 3.05) is 33.2 Å². The van der Waals surface area contributed by atoms with Crippen molar-refractivity contribution in [3.05, 3.63) is 58.7 Å². The molecule has 148 valence electrons. The smallest absolute Gasteiger partial charge is 0.231 e. The molecule has 0 saturated carbocycles. The zero-order valence-electron chi connectivity index (χ0n) is 16.1. The van der Waals surface area contributed by atoms with Crippen LogP contribution in [0.2, 0.25) is 0 Å². The number of Topliss-reactive ketones (excluding diaryl/α,β-unsaturated/α-hetero) is 1. The molecule has 0 atom stereocenters. The number of hydrogen-bond donors (Lipinski definition) is 0. The van der Waals surface area contributed by atoms with Gasteiger partial charge in [-0.15, -0.1) is 0 Å². The molecule has 0 bridgehead atoms. The van der Waals surface area contributed by atoms with E-state index in [9.17, 15) is 4.79 Å². The number of carbonyl (C=O) groups is 1. The zero-order valence-corrected chi connectivity index (χ0v) is 16.1. The van der Waals surface area contributed by atoms with E-state index in [0.717, 1.165) is 40.3 Å². The van der Waals surface area contributed by atoms with Crippen LogP contribution in [-0.2, 0) is 4.79 Å². The number of carbonyl (C=O) groups excluding carboxylic acids is 1. The van der Waals surface area contributed by atoms with Crippen LogP contribution in [0.4, 0.5) is 0 Å². The summed E-state index contributed by atoms with van der Waals surface area (Å²) in [4.78, 5) is 15.4. The Morgan fingerprint density at radius 3 is 1.76 bits per heavy atom. The van der Waals surface area contributed by atoms with E-state index in [1.54, 1.807) is 0 Å². The highest BCUT2D eigenvalue weighted by Crippen LogP contribution is 2.35. The third kappa shape index (κ3) is 3.47. The minimum absolute atomic E-state index is 0.0741. The third-order valence-electron chi connectivity index (χ3n) is 5.29. The maximum atomic E-state index is 13.2. The molecule has 3 heterocycles. The molecule has 6 nitrogen and oxygen atoms in total.